The third kappa shape index (κ3) is 6.11. The number of nitrogens with one attached hydrogen (secondary N) is 2. The number of nitrogens with zero attached hydrogens (tertiary/aromatic N) is 1. The average Bonchev–Trinajstić information content (AvgIpc) is 3.34. The molecule has 9 heteroatoms. The van der Waals surface area contributed by atoms with Crippen LogP contribution in [0, 0.1) is 10.1 Å². The first-order chi connectivity index (χ1) is 19.0. The molecule has 0 saturated carbocycles. The molecule has 0 unspecified atom stereocenters. The maximum atomic E-state index is 13.2. The second kappa shape index (κ2) is 11.6. The van der Waals surface area contributed by atoms with Crippen molar-refractivity contribution in [3.63, 3.8) is 0 Å². The van der Waals surface area contributed by atoms with Crippen LogP contribution in [-0.4, -0.2) is 16.7 Å². The molecule has 1 heterocycles. The Hall–Kier alpha value is -5.02. The maximum absolute atomic E-state index is 13.2. The van der Waals surface area contributed by atoms with Gasteiger partial charge in [0, 0.05) is 40.0 Å². The first kappa shape index (κ1) is 25.6. The molecule has 8 nitrogen and oxygen atoms in total. The van der Waals surface area contributed by atoms with E-state index in [1.54, 1.807) is 18.2 Å². The molecule has 0 aliphatic carbocycles. The molecule has 4 aromatic carbocycles. The Bertz CT molecular complexity index is 1650. The Morgan fingerprint density at radius 3 is 2.31 bits per heavy atom. The van der Waals surface area contributed by atoms with Crippen LogP contribution in [0.15, 0.2) is 103 Å². The van der Waals surface area contributed by atoms with E-state index in [4.69, 9.17) is 4.74 Å². The number of carbonyl (C=O) groups excluding carboxylic acids is 2. The van der Waals surface area contributed by atoms with Gasteiger partial charge in [-0.05, 0) is 47.5 Å². The quantitative estimate of drug-likeness (QED) is 0.163. The smallest absolute Gasteiger partial charge is 0.269 e. The molecule has 0 aliphatic heterocycles. The number of nitro benzene ring substituents is 1. The van der Waals surface area contributed by atoms with E-state index in [0.29, 0.717) is 28.5 Å². The molecule has 0 spiro atoms. The van der Waals surface area contributed by atoms with E-state index < -0.39 is 10.8 Å². The number of rotatable bonds is 9. The van der Waals surface area contributed by atoms with E-state index in [-0.39, 0.29) is 18.1 Å². The Morgan fingerprint density at radius 2 is 1.54 bits per heavy atom. The van der Waals surface area contributed by atoms with Gasteiger partial charge in [0.25, 0.3) is 17.5 Å². The minimum atomic E-state index is -0.517. The van der Waals surface area contributed by atoms with Crippen LogP contribution >= 0.6 is 11.3 Å². The molecule has 1 aromatic heterocycles. The van der Waals surface area contributed by atoms with E-state index in [1.807, 2.05) is 60.7 Å². The minimum Gasteiger partial charge on any atom is -0.487 e. The summed E-state index contributed by atoms with van der Waals surface area (Å²) in [5.41, 5.74) is 2.55. The molecule has 39 heavy (non-hydrogen) atoms. The predicted octanol–water partition coefficient (Wildman–Crippen LogP) is 6.57. The SMILES string of the molecule is O=C(Nc1cccc(CNC(=O)c2sc3ccccc3c2OCc2ccccc2)c1)c1ccc([N+](=O)[O-])cc1. The summed E-state index contributed by atoms with van der Waals surface area (Å²) in [6, 6.07) is 30.0. The summed E-state index contributed by atoms with van der Waals surface area (Å²) >= 11 is 1.38. The van der Waals surface area contributed by atoms with Gasteiger partial charge in [0.05, 0.1) is 4.92 Å². The van der Waals surface area contributed by atoms with Gasteiger partial charge in [-0.25, -0.2) is 0 Å². The summed E-state index contributed by atoms with van der Waals surface area (Å²) in [6.45, 7) is 0.588. The highest BCUT2D eigenvalue weighted by Gasteiger charge is 2.20. The van der Waals surface area contributed by atoms with Crippen LogP contribution < -0.4 is 15.4 Å². The molecule has 0 atom stereocenters. The van der Waals surface area contributed by atoms with Crippen LogP contribution in [0.5, 0.6) is 5.75 Å². The number of nitro groups is 1. The minimum absolute atomic E-state index is 0.0865. The zero-order valence-corrected chi connectivity index (χ0v) is 21.4. The summed E-state index contributed by atoms with van der Waals surface area (Å²) in [4.78, 5) is 36.6. The van der Waals surface area contributed by atoms with E-state index in [0.717, 1.165) is 21.2 Å². The van der Waals surface area contributed by atoms with Crippen molar-refractivity contribution in [2.45, 2.75) is 13.2 Å². The normalized spacial score (nSPS) is 10.7. The number of non-ortho nitro benzene ring substituents is 1. The molecule has 0 fully saturated rings. The lowest BCUT2D eigenvalue weighted by Crippen LogP contribution is -2.22. The molecule has 0 aliphatic rings. The molecular weight excluding hydrogens is 514 g/mol. The third-order valence-corrected chi connectivity index (χ3v) is 7.11. The van der Waals surface area contributed by atoms with Crippen molar-refractivity contribution in [3.8, 4) is 5.75 Å². The van der Waals surface area contributed by atoms with E-state index in [9.17, 15) is 19.7 Å². The van der Waals surface area contributed by atoms with Crippen LogP contribution in [-0.2, 0) is 13.2 Å². The average molecular weight is 538 g/mol. The highest BCUT2D eigenvalue weighted by molar-refractivity contribution is 7.21. The molecule has 0 saturated heterocycles. The number of amides is 2. The van der Waals surface area contributed by atoms with Crippen LogP contribution in [0.2, 0.25) is 0 Å². The van der Waals surface area contributed by atoms with Gasteiger partial charge in [0.15, 0.2) is 5.75 Å². The molecule has 2 N–H and O–H groups in total. The molecule has 0 bridgehead atoms. The predicted molar refractivity (Wildman–Crippen MR) is 151 cm³/mol. The monoisotopic (exact) mass is 537 g/mol. The lowest BCUT2D eigenvalue weighted by atomic mass is 10.1. The largest absolute Gasteiger partial charge is 0.487 e. The summed E-state index contributed by atoms with van der Waals surface area (Å²) in [6.07, 6.45) is 0. The number of benzene rings is 4. The van der Waals surface area contributed by atoms with Gasteiger partial charge >= 0.3 is 0 Å². The van der Waals surface area contributed by atoms with Gasteiger partial charge < -0.3 is 15.4 Å². The van der Waals surface area contributed by atoms with E-state index in [2.05, 4.69) is 10.6 Å². The second-order valence-electron chi connectivity index (χ2n) is 8.67. The number of hydrogen-bond donors (Lipinski definition) is 2. The number of hydrogen-bond acceptors (Lipinski definition) is 6. The molecule has 194 valence electrons. The van der Waals surface area contributed by atoms with Crippen LogP contribution in [0.1, 0.15) is 31.2 Å². The van der Waals surface area contributed by atoms with Crippen molar-refractivity contribution >= 4 is 44.6 Å². The number of ether oxygens (including phenoxy) is 1. The first-order valence-electron chi connectivity index (χ1n) is 12.1. The number of anilines is 1. The first-order valence-corrected chi connectivity index (χ1v) is 12.9. The summed E-state index contributed by atoms with van der Waals surface area (Å²) < 4.78 is 7.10. The van der Waals surface area contributed by atoms with Gasteiger partial charge in [-0.2, -0.15) is 0 Å². The Morgan fingerprint density at radius 1 is 0.821 bits per heavy atom. The van der Waals surface area contributed by atoms with Gasteiger partial charge in [0.1, 0.15) is 11.5 Å². The van der Waals surface area contributed by atoms with Crippen molar-refractivity contribution in [2.24, 2.45) is 0 Å². The molecule has 5 aromatic rings. The topological polar surface area (TPSA) is 111 Å². The molecule has 2 amide bonds. The molecular formula is C30H23N3O5S. The number of thiophene rings is 1. The van der Waals surface area contributed by atoms with Gasteiger partial charge in [-0.1, -0.05) is 54.6 Å². The Balaban J connectivity index is 1.27. The van der Waals surface area contributed by atoms with E-state index >= 15 is 0 Å². The maximum Gasteiger partial charge on any atom is 0.269 e. The van der Waals surface area contributed by atoms with E-state index in [1.165, 1.54) is 35.6 Å². The summed E-state index contributed by atoms with van der Waals surface area (Å²) in [7, 11) is 0. The van der Waals surface area contributed by atoms with Crippen LogP contribution in [0.3, 0.4) is 0 Å². The molecule has 0 radical (unpaired) electrons. The van der Waals surface area contributed by atoms with Crippen molar-refractivity contribution in [1.82, 2.24) is 5.32 Å². The van der Waals surface area contributed by atoms with Crippen molar-refractivity contribution < 1.29 is 19.2 Å². The lowest BCUT2D eigenvalue weighted by molar-refractivity contribution is -0.384. The fraction of sp³-hybridized carbons (Fsp3) is 0.0667. The van der Waals surface area contributed by atoms with Crippen LogP contribution in [0.4, 0.5) is 11.4 Å². The van der Waals surface area contributed by atoms with Crippen molar-refractivity contribution in [1.29, 1.82) is 0 Å². The zero-order valence-electron chi connectivity index (χ0n) is 20.6. The second-order valence-corrected chi connectivity index (χ2v) is 9.72. The zero-order chi connectivity index (χ0) is 27.2. The highest BCUT2D eigenvalue weighted by atomic mass is 32.1. The number of carbonyl (C=O) groups is 2. The van der Waals surface area contributed by atoms with Crippen molar-refractivity contribution in [3.05, 3.63) is 135 Å². The van der Waals surface area contributed by atoms with Gasteiger partial charge in [0.2, 0.25) is 0 Å². The third-order valence-electron chi connectivity index (χ3n) is 5.96. The van der Waals surface area contributed by atoms with Crippen LogP contribution in [0.25, 0.3) is 10.1 Å². The van der Waals surface area contributed by atoms with Gasteiger partial charge in [-0.15, -0.1) is 11.3 Å². The fourth-order valence-corrected chi connectivity index (χ4v) is 5.07. The lowest BCUT2D eigenvalue weighted by Gasteiger charge is -2.10. The van der Waals surface area contributed by atoms with Crippen molar-refractivity contribution in [2.75, 3.05) is 5.32 Å². The summed E-state index contributed by atoms with van der Waals surface area (Å²) in [5.74, 6) is -0.0859. The fourth-order valence-electron chi connectivity index (χ4n) is 4.00. The Labute approximate surface area is 228 Å². The Kier molecular flexibility index (Phi) is 7.60. The highest BCUT2D eigenvalue weighted by Crippen LogP contribution is 2.38. The summed E-state index contributed by atoms with van der Waals surface area (Å²) in [5, 5.41) is 17.5. The molecule has 5 rings (SSSR count). The standard InChI is InChI=1S/C30H23N3O5S/c34-29(22-13-15-24(16-14-22)33(36)37)32-23-10-6-9-21(17-23)18-31-30(35)28-27(25-11-4-5-12-26(25)39-28)38-19-20-7-2-1-3-8-20/h1-17H,18-19H2,(H,31,35)(H,32,34). The number of fused-ring (bicyclic) bond motifs is 1. The van der Waals surface area contributed by atoms with Gasteiger partial charge in [-0.3, -0.25) is 19.7 Å².